The van der Waals surface area contributed by atoms with Gasteiger partial charge < -0.3 is 14.4 Å². The van der Waals surface area contributed by atoms with Crippen molar-refractivity contribution >= 4 is 11.3 Å². The molecule has 124 valence electrons. The van der Waals surface area contributed by atoms with Crippen LogP contribution in [0.4, 0.5) is 0 Å². The van der Waals surface area contributed by atoms with E-state index >= 15 is 0 Å². The van der Waals surface area contributed by atoms with Crippen LogP contribution < -0.4 is 9.47 Å². The number of likely N-dealkylation sites (N-methyl/N-ethyl adjacent to an activating group) is 1. The van der Waals surface area contributed by atoms with Gasteiger partial charge in [0.25, 0.3) is 0 Å². The van der Waals surface area contributed by atoms with Crippen molar-refractivity contribution < 1.29 is 9.47 Å². The molecule has 4 heteroatoms. The minimum Gasteiger partial charge on any atom is -0.497 e. The molecule has 2 atom stereocenters. The lowest BCUT2D eigenvalue weighted by molar-refractivity contribution is 0.160. The molecule has 0 saturated carbocycles. The second-order valence-corrected chi connectivity index (χ2v) is 7.39. The molecule has 0 spiro atoms. The number of methoxy groups -OCH3 is 1. The lowest BCUT2D eigenvalue weighted by Gasteiger charge is -2.33. The van der Waals surface area contributed by atoms with Gasteiger partial charge in [-0.3, -0.25) is 0 Å². The lowest BCUT2D eigenvalue weighted by atomic mass is 9.89. The van der Waals surface area contributed by atoms with Crippen molar-refractivity contribution in [3.05, 3.63) is 46.2 Å². The second kappa shape index (κ2) is 7.37. The molecule has 2 unspecified atom stereocenters. The highest BCUT2D eigenvalue weighted by atomic mass is 32.1. The van der Waals surface area contributed by atoms with E-state index in [1.165, 1.54) is 10.4 Å². The van der Waals surface area contributed by atoms with E-state index in [1.54, 1.807) is 7.11 Å². The van der Waals surface area contributed by atoms with E-state index < -0.39 is 0 Å². The molecule has 23 heavy (non-hydrogen) atoms. The van der Waals surface area contributed by atoms with Crippen LogP contribution in [-0.2, 0) is 6.42 Å². The first-order chi connectivity index (χ1) is 11.2. The summed E-state index contributed by atoms with van der Waals surface area (Å²) in [4.78, 5) is 3.90. The van der Waals surface area contributed by atoms with Gasteiger partial charge in [0, 0.05) is 30.0 Å². The van der Waals surface area contributed by atoms with E-state index in [1.807, 2.05) is 23.5 Å². The minimum absolute atomic E-state index is 0.255. The van der Waals surface area contributed by atoms with Gasteiger partial charge in [-0.2, -0.15) is 0 Å². The van der Waals surface area contributed by atoms with Crippen molar-refractivity contribution in [2.45, 2.75) is 31.8 Å². The molecule has 2 heterocycles. The zero-order valence-electron chi connectivity index (χ0n) is 14.1. The average Bonchev–Trinajstić information content (AvgIpc) is 3.05. The third-order valence-corrected chi connectivity index (χ3v) is 5.39. The van der Waals surface area contributed by atoms with Crippen LogP contribution >= 0.6 is 11.3 Å². The third kappa shape index (κ3) is 4.06. The van der Waals surface area contributed by atoms with Gasteiger partial charge in [0.05, 0.1) is 13.2 Å². The fraction of sp³-hybridized carbons (Fsp3) is 0.474. The molecule has 0 radical (unpaired) electrons. The Morgan fingerprint density at radius 3 is 2.96 bits per heavy atom. The first kappa shape index (κ1) is 16.3. The molecular formula is C19H25NO2S. The van der Waals surface area contributed by atoms with Gasteiger partial charge in [-0.25, -0.2) is 0 Å². The number of benzene rings is 1. The normalized spacial score (nSPS) is 20.2. The highest BCUT2D eigenvalue weighted by Gasteiger charge is 2.27. The number of ether oxygens (including phenoxy) is 2. The number of nitrogens with zero attached hydrogens (tertiary/aromatic N) is 1. The molecule has 0 saturated heterocycles. The lowest BCUT2D eigenvalue weighted by Crippen LogP contribution is -2.32. The maximum atomic E-state index is 6.01. The average molecular weight is 331 g/mol. The minimum atomic E-state index is 0.255. The van der Waals surface area contributed by atoms with E-state index in [-0.39, 0.29) is 6.10 Å². The SMILES string of the molecule is COc1ccc2c(c1)OC(C)CC2CN(C)CCc1cccs1. The molecule has 0 bridgehead atoms. The van der Waals surface area contributed by atoms with Gasteiger partial charge in [-0.15, -0.1) is 11.3 Å². The van der Waals surface area contributed by atoms with Crippen LogP contribution in [0.2, 0.25) is 0 Å². The largest absolute Gasteiger partial charge is 0.497 e. The molecule has 3 nitrogen and oxygen atoms in total. The van der Waals surface area contributed by atoms with Crippen molar-refractivity contribution in [2.75, 3.05) is 27.2 Å². The van der Waals surface area contributed by atoms with Crippen LogP contribution in [0.1, 0.15) is 29.7 Å². The van der Waals surface area contributed by atoms with Crippen molar-refractivity contribution in [2.24, 2.45) is 0 Å². The van der Waals surface area contributed by atoms with Crippen LogP contribution in [-0.4, -0.2) is 38.3 Å². The third-order valence-electron chi connectivity index (χ3n) is 4.46. The summed E-state index contributed by atoms with van der Waals surface area (Å²) in [6, 6.07) is 10.6. The van der Waals surface area contributed by atoms with Crippen molar-refractivity contribution in [1.82, 2.24) is 4.90 Å². The molecule has 1 aliphatic rings. The second-order valence-electron chi connectivity index (χ2n) is 6.36. The Hall–Kier alpha value is -1.52. The Kier molecular flexibility index (Phi) is 5.23. The van der Waals surface area contributed by atoms with Gasteiger partial charge >= 0.3 is 0 Å². The summed E-state index contributed by atoms with van der Waals surface area (Å²) in [7, 11) is 3.92. The Balaban J connectivity index is 1.65. The summed E-state index contributed by atoms with van der Waals surface area (Å²) < 4.78 is 11.3. The monoisotopic (exact) mass is 331 g/mol. The standard InChI is InChI=1S/C19H25NO2S/c1-14-11-15(13-20(2)9-8-17-5-4-10-23-17)18-7-6-16(21-3)12-19(18)22-14/h4-7,10,12,14-15H,8-9,11,13H2,1-3H3. The molecule has 0 aliphatic carbocycles. The molecule has 0 amide bonds. The van der Waals surface area contributed by atoms with Gasteiger partial charge in [0.2, 0.25) is 0 Å². The number of hydrogen-bond acceptors (Lipinski definition) is 4. The summed E-state index contributed by atoms with van der Waals surface area (Å²) in [6.45, 7) is 4.32. The summed E-state index contributed by atoms with van der Waals surface area (Å²) in [5, 5.41) is 2.15. The predicted octanol–water partition coefficient (Wildman–Crippen LogP) is 4.19. The summed E-state index contributed by atoms with van der Waals surface area (Å²) in [5.74, 6) is 2.37. The van der Waals surface area contributed by atoms with Crippen LogP contribution in [0.3, 0.4) is 0 Å². The van der Waals surface area contributed by atoms with Gasteiger partial charge in [-0.05, 0) is 49.9 Å². The van der Waals surface area contributed by atoms with Crippen LogP contribution in [0.15, 0.2) is 35.7 Å². The smallest absolute Gasteiger partial charge is 0.126 e. The van der Waals surface area contributed by atoms with E-state index in [0.29, 0.717) is 5.92 Å². The van der Waals surface area contributed by atoms with E-state index in [9.17, 15) is 0 Å². The number of rotatable bonds is 6. The van der Waals surface area contributed by atoms with Gasteiger partial charge in [0.15, 0.2) is 0 Å². The molecule has 0 N–H and O–H groups in total. The van der Waals surface area contributed by atoms with E-state index in [2.05, 4.69) is 42.5 Å². The fourth-order valence-electron chi connectivity index (χ4n) is 3.27. The number of thiophene rings is 1. The molecule has 1 aliphatic heterocycles. The topological polar surface area (TPSA) is 21.7 Å². The molecule has 1 aromatic carbocycles. The number of hydrogen-bond donors (Lipinski definition) is 0. The van der Waals surface area contributed by atoms with Crippen molar-refractivity contribution in [3.8, 4) is 11.5 Å². The maximum Gasteiger partial charge on any atom is 0.126 e. The molecule has 0 fully saturated rings. The maximum absolute atomic E-state index is 6.01. The molecule has 2 aromatic rings. The quantitative estimate of drug-likeness (QED) is 0.792. The summed E-state index contributed by atoms with van der Waals surface area (Å²) in [6.07, 6.45) is 2.45. The summed E-state index contributed by atoms with van der Waals surface area (Å²) >= 11 is 1.84. The van der Waals surface area contributed by atoms with Gasteiger partial charge in [0.1, 0.15) is 11.5 Å². The number of fused-ring (bicyclic) bond motifs is 1. The Labute approximate surface area is 142 Å². The zero-order chi connectivity index (χ0) is 16.2. The first-order valence-electron chi connectivity index (χ1n) is 8.21. The van der Waals surface area contributed by atoms with Crippen LogP contribution in [0, 0.1) is 0 Å². The van der Waals surface area contributed by atoms with E-state index in [4.69, 9.17) is 9.47 Å². The first-order valence-corrected chi connectivity index (χ1v) is 9.09. The zero-order valence-corrected chi connectivity index (χ0v) is 14.9. The highest BCUT2D eigenvalue weighted by molar-refractivity contribution is 7.09. The van der Waals surface area contributed by atoms with E-state index in [0.717, 1.165) is 37.4 Å². The highest BCUT2D eigenvalue weighted by Crippen LogP contribution is 2.38. The van der Waals surface area contributed by atoms with Crippen LogP contribution in [0.25, 0.3) is 0 Å². The van der Waals surface area contributed by atoms with Crippen molar-refractivity contribution in [1.29, 1.82) is 0 Å². The Morgan fingerprint density at radius 2 is 2.22 bits per heavy atom. The Morgan fingerprint density at radius 1 is 1.35 bits per heavy atom. The van der Waals surface area contributed by atoms with Crippen molar-refractivity contribution in [3.63, 3.8) is 0 Å². The Bertz CT molecular complexity index is 626. The molecule has 3 rings (SSSR count). The summed E-state index contributed by atoms with van der Waals surface area (Å²) in [5.41, 5.74) is 1.31. The predicted molar refractivity (Wildman–Crippen MR) is 96.0 cm³/mol. The fourth-order valence-corrected chi connectivity index (χ4v) is 3.97. The molecular weight excluding hydrogens is 306 g/mol. The van der Waals surface area contributed by atoms with Crippen LogP contribution in [0.5, 0.6) is 11.5 Å². The van der Waals surface area contributed by atoms with Gasteiger partial charge in [-0.1, -0.05) is 12.1 Å². The molecule has 1 aromatic heterocycles.